The van der Waals surface area contributed by atoms with Gasteiger partial charge in [-0.05, 0) is 58.3 Å². The highest BCUT2D eigenvalue weighted by Gasteiger charge is 2.20. The van der Waals surface area contributed by atoms with Crippen LogP contribution in [0, 0.1) is 9.39 Å². The molecular formula is C16H17FIN3O2. The van der Waals surface area contributed by atoms with E-state index in [4.69, 9.17) is 9.94 Å². The van der Waals surface area contributed by atoms with Crippen LogP contribution in [0.4, 0.5) is 15.8 Å². The summed E-state index contributed by atoms with van der Waals surface area (Å²) in [5, 5.41) is 13.8. The van der Waals surface area contributed by atoms with Gasteiger partial charge in [-0.1, -0.05) is 0 Å². The van der Waals surface area contributed by atoms with Gasteiger partial charge in [0.1, 0.15) is 5.82 Å². The molecule has 122 valence electrons. The average molecular weight is 429 g/mol. The maximum absolute atomic E-state index is 14.1. The van der Waals surface area contributed by atoms with Gasteiger partial charge in [0.05, 0.1) is 37.3 Å². The Hall–Kier alpha value is -1.29. The fraction of sp³-hybridized carbons (Fsp3) is 0.312. The van der Waals surface area contributed by atoms with Crippen LogP contribution in [0.25, 0.3) is 0 Å². The molecule has 3 rings (SSSR count). The molecule has 0 saturated carbocycles. The number of rotatable bonds is 5. The number of aromatic nitrogens is 1. The van der Waals surface area contributed by atoms with E-state index in [0.717, 1.165) is 33.4 Å². The van der Waals surface area contributed by atoms with Crippen molar-refractivity contribution in [3.8, 4) is 0 Å². The SMILES string of the molecule is OCCON1CCc2cncc(Nc3ccc(I)cc3F)c2C1. The maximum atomic E-state index is 14.1. The monoisotopic (exact) mass is 429 g/mol. The quantitative estimate of drug-likeness (QED) is 0.717. The summed E-state index contributed by atoms with van der Waals surface area (Å²) < 4.78 is 14.9. The number of pyridine rings is 1. The number of aliphatic hydroxyl groups is 1. The van der Waals surface area contributed by atoms with Crippen molar-refractivity contribution in [2.75, 3.05) is 25.1 Å². The molecular weight excluding hydrogens is 412 g/mol. The molecule has 2 N–H and O–H groups in total. The van der Waals surface area contributed by atoms with E-state index < -0.39 is 0 Å². The third-order valence-corrected chi connectivity index (χ3v) is 4.35. The van der Waals surface area contributed by atoms with Gasteiger partial charge in [0.15, 0.2) is 0 Å². The smallest absolute Gasteiger partial charge is 0.147 e. The van der Waals surface area contributed by atoms with Crippen molar-refractivity contribution in [3.63, 3.8) is 0 Å². The van der Waals surface area contributed by atoms with E-state index in [0.29, 0.717) is 12.2 Å². The van der Waals surface area contributed by atoms with Crippen LogP contribution in [0.1, 0.15) is 11.1 Å². The van der Waals surface area contributed by atoms with Gasteiger partial charge in [-0.15, -0.1) is 0 Å². The van der Waals surface area contributed by atoms with Crippen LogP contribution in [-0.2, 0) is 17.8 Å². The first-order chi connectivity index (χ1) is 11.2. The van der Waals surface area contributed by atoms with E-state index in [1.165, 1.54) is 6.07 Å². The highest BCUT2D eigenvalue weighted by molar-refractivity contribution is 14.1. The summed E-state index contributed by atoms with van der Waals surface area (Å²) in [6, 6.07) is 5.06. The number of halogens is 2. The minimum Gasteiger partial charge on any atom is -0.394 e. The van der Waals surface area contributed by atoms with Crippen LogP contribution < -0.4 is 5.32 Å². The first-order valence-electron chi connectivity index (χ1n) is 7.34. The number of nitrogens with zero attached hydrogens (tertiary/aromatic N) is 2. The van der Waals surface area contributed by atoms with E-state index >= 15 is 0 Å². The number of hydroxylamine groups is 2. The van der Waals surface area contributed by atoms with Crippen LogP contribution in [0.3, 0.4) is 0 Å². The van der Waals surface area contributed by atoms with Crippen LogP contribution in [0.15, 0.2) is 30.6 Å². The molecule has 0 radical (unpaired) electrons. The number of benzene rings is 1. The predicted molar refractivity (Wildman–Crippen MR) is 93.8 cm³/mol. The lowest BCUT2D eigenvalue weighted by Gasteiger charge is -2.29. The van der Waals surface area contributed by atoms with Gasteiger partial charge in [-0.2, -0.15) is 5.06 Å². The Labute approximate surface area is 147 Å². The Kier molecular flexibility index (Phi) is 5.42. The zero-order chi connectivity index (χ0) is 16.2. The molecule has 0 spiro atoms. The fourth-order valence-electron chi connectivity index (χ4n) is 2.56. The molecule has 0 atom stereocenters. The molecule has 1 aromatic carbocycles. The first kappa shape index (κ1) is 16.6. The summed E-state index contributed by atoms with van der Waals surface area (Å²) in [6.45, 7) is 1.58. The molecule has 0 fully saturated rings. The molecule has 0 bridgehead atoms. The van der Waals surface area contributed by atoms with Gasteiger partial charge in [0.2, 0.25) is 0 Å². The molecule has 1 aliphatic rings. The van der Waals surface area contributed by atoms with Crippen molar-refractivity contribution in [1.29, 1.82) is 0 Å². The Balaban J connectivity index is 1.83. The highest BCUT2D eigenvalue weighted by atomic mass is 127. The lowest BCUT2D eigenvalue weighted by atomic mass is 10.0. The number of anilines is 2. The van der Waals surface area contributed by atoms with Crippen LogP contribution in [-0.4, -0.2) is 34.9 Å². The second-order valence-electron chi connectivity index (χ2n) is 5.24. The van der Waals surface area contributed by atoms with Gasteiger partial charge < -0.3 is 10.4 Å². The summed E-state index contributed by atoms with van der Waals surface area (Å²) in [5.41, 5.74) is 3.38. The number of fused-ring (bicyclic) bond motifs is 1. The van der Waals surface area contributed by atoms with E-state index in [1.54, 1.807) is 12.3 Å². The topological polar surface area (TPSA) is 57.6 Å². The summed E-state index contributed by atoms with van der Waals surface area (Å²) in [4.78, 5) is 9.74. The molecule has 2 aromatic rings. The van der Waals surface area contributed by atoms with E-state index in [2.05, 4.69) is 32.9 Å². The fourth-order valence-corrected chi connectivity index (χ4v) is 3.01. The molecule has 5 nitrogen and oxygen atoms in total. The first-order valence-corrected chi connectivity index (χ1v) is 8.42. The van der Waals surface area contributed by atoms with Crippen molar-refractivity contribution in [2.24, 2.45) is 0 Å². The Bertz CT molecular complexity index is 699. The van der Waals surface area contributed by atoms with Crippen molar-refractivity contribution >= 4 is 34.0 Å². The van der Waals surface area contributed by atoms with Gasteiger partial charge in [-0.25, -0.2) is 4.39 Å². The minimum absolute atomic E-state index is 0.0152. The molecule has 7 heteroatoms. The van der Waals surface area contributed by atoms with Gasteiger partial charge in [0, 0.05) is 16.3 Å². The van der Waals surface area contributed by atoms with E-state index in [9.17, 15) is 4.39 Å². The standard InChI is InChI=1S/C16H17FIN3O2/c17-14-7-12(18)1-2-15(14)20-16-9-19-8-11-3-4-21(10-13(11)16)23-6-5-22/h1-2,7-9,20,22H,3-6,10H2. The van der Waals surface area contributed by atoms with E-state index in [1.807, 2.05) is 17.3 Å². The summed E-state index contributed by atoms with van der Waals surface area (Å²) in [6.07, 6.45) is 4.35. The van der Waals surface area contributed by atoms with Crippen molar-refractivity contribution in [1.82, 2.24) is 10.0 Å². The van der Waals surface area contributed by atoms with Crippen molar-refractivity contribution in [2.45, 2.75) is 13.0 Å². The zero-order valence-corrected chi connectivity index (χ0v) is 14.6. The second kappa shape index (κ2) is 7.52. The summed E-state index contributed by atoms with van der Waals surface area (Å²) in [7, 11) is 0. The summed E-state index contributed by atoms with van der Waals surface area (Å²) in [5.74, 6) is -0.293. The Morgan fingerprint density at radius 2 is 2.22 bits per heavy atom. The van der Waals surface area contributed by atoms with Crippen LogP contribution in [0.5, 0.6) is 0 Å². The predicted octanol–water partition coefficient (Wildman–Crippen LogP) is 2.85. The van der Waals surface area contributed by atoms with Crippen LogP contribution >= 0.6 is 22.6 Å². The number of nitrogens with one attached hydrogen (secondary N) is 1. The Morgan fingerprint density at radius 1 is 1.35 bits per heavy atom. The highest BCUT2D eigenvalue weighted by Crippen LogP contribution is 2.29. The Morgan fingerprint density at radius 3 is 3.00 bits per heavy atom. The molecule has 1 aromatic heterocycles. The molecule has 0 saturated heterocycles. The largest absolute Gasteiger partial charge is 0.394 e. The normalized spacial score (nSPS) is 14.6. The molecule has 23 heavy (non-hydrogen) atoms. The maximum Gasteiger partial charge on any atom is 0.147 e. The average Bonchev–Trinajstić information content (AvgIpc) is 2.55. The van der Waals surface area contributed by atoms with E-state index in [-0.39, 0.29) is 19.0 Å². The van der Waals surface area contributed by atoms with Gasteiger partial charge in [-0.3, -0.25) is 9.82 Å². The molecule has 1 aliphatic heterocycles. The lowest BCUT2D eigenvalue weighted by Crippen LogP contribution is -2.32. The molecule has 2 heterocycles. The third kappa shape index (κ3) is 3.97. The van der Waals surface area contributed by atoms with Crippen LogP contribution in [0.2, 0.25) is 0 Å². The van der Waals surface area contributed by atoms with Crippen molar-refractivity contribution < 1.29 is 14.3 Å². The summed E-state index contributed by atoms with van der Waals surface area (Å²) >= 11 is 2.08. The molecule has 0 amide bonds. The molecule has 0 aliphatic carbocycles. The van der Waals surface area contributed by atoms with Crippen molar-refractivity contribution in [3.05, 3.63) is 51.1 Å². The number of hydrogen-bond donors (Lipinski definition) is 2. The molecule has 0 unspecified atom stereocenters. The van der Waals surface area contributed by atoms with Gasteiger partial charge >= 0.3 is 0 Å². The zero-order valence-electron chi connectivity index (χ0n) is 12.4. The number of hydrogen-bond acceptors (Lipinski definition) is 5. The number of aliphatic hydroxyl groups excluding tert-OH is 1. The third-order valence-electron chi connectivity index (χ3n) is 3.68. The minimum atomic E-state index is -0.293. The van der Waals surface area contributed by atoms with Gasteiger partial charge in [0.25, 0.3) is 0 Å². The lowest BCUT2D eigenvalue weighted by molar-refractivity contribution is -0.175. The second-order valence-corrected chi connectivity index (χ2v) is 6.49.